The first kappa shape index (κ1) is 13.1. The summed E-state index contributed by atoms with van der Waals surface area (Å²) in [6.07, 6.45) is 2.16. The average molecular weight is 245 g/mol. The Morgan fingerprint density at radius 1 is 1.33 bits per heavy atom. The largest absolute Gasteiger partial charge is 0.330 e. The molecule has 0 radical (unpaired) electrons. The summed E-state index contributed by atoms with van der Waals surface area (Å²) in [6, 6.07) is 6.50. The SMILES string of the molecule is CCCn1c(C(CC)CN)nc2cc(C)ccc21. The Morgan fingerprint density at radius 2 is 2.11 bits per heavy atom. The number of imidazole rings is 1. The van der Waals surface area contributed by atoms with Crippen LogP contribution in [0.4, 0.5) is 0 Å². The summed E-state index contributed by atoms with van der Waals surface area (Å²) >= 11 is 0. The third-order valence-corrected chi connectivity index (χ3v) is 3.52. The van der Waals surface area contributed by atoms with Crippen LogP contribution in [0.5, 0.6) is 0 Å². The first-order valence-corrected chi connectivity index (χ1v) is 6.88. The number of hydrogen-bond acceptors (Lipinski definition) is 2. The van der Waals surface area contributed by atoms with Gasteiger partial charge in [-0.3, -0.25) is 0 Å². The molecule has 0 saturated heterocycles. The van der Waals surface area contributed by atoms with E-state index in [1.807, 2.05) is 0 Å². The third kappa shape index (κ3) is 2.27. The van der Waals surface area contributed by atoms with E-state index in [0.717, 1.165) is 30.7 Å². The highest BCUT2D eigenvalue weighted by atomic mass is 15.1. The van der Waals surface area contributed by atoms with Crippen LogP contribution in [-0.2, 0) is 6.54 Å². The number of nitrogens with two attached hydrogens (primary N) is 1. The van der Waals surface area contributed by atoms with E-state index in [4.69, 9.17) is 10.7 Å². The predicted molar refractivity (Wildman–Crippen MR) is 76.8 cm³/mol. The van der Waals surface area contributed by atoms with E-state index in [-0.39, 0.29) is 0 Å². The minimum atomic E-state index is 0.365. The number of rotatable bonds is 5. The number of hydrogen-bond donors (Lipinski definition) is 1. The molecule has 18 heavy (non-hydrogen) atoms. The molecule has 1 aromatic carbocycles. The molecule has 0 saturated carbocycles. The second kappa shape index (κ2) is 5.53. The van der Waals surface area contributed by atoms with Crippen molar-refractivity contribution in [2.24, 2.45) is 5.73 Å². The molecule has 0 aliphatic carbocycles. The molecule has 0 spiro atoms. The monoisotopic (exact) mass is 245 g/mol. The van der Waals surface area contributed by atoms with Crippen molar-refractivity contribution in [2.45, 2.75) is 46.1 Å². The Hall–Kier alpha value is -1.35. The van der Waals surface area contributed by atoms with E-state index in [1.165, 1.54) is 11.1 Å². The van der Waals surface area contributed by atoms with Gasteiger partial charge in [-0.1, -0.05) is 19.9 Å². The molecular formula is C15H23N3. The average Bonchev–Trinajstić information content (AvgIpc) is 2.70. The first-order chi connectivity index (χ1) is 8.71. The van der Waals surface area contributed by atoms with Crippen molar-refractivity contribution in [3.8, 4) is 0 Å². The molecule has 1 unspecified atom stereocenters. The molecule has 1 heterocycles. The Bertz CT molecular complexity index is 524. The van der Waals surface area contributed by atoms with Gasteiger partial charge in [-0.05, 0) is 37.5 Å². The van der Waals surface area contributed by atoms with Crippen LogP contribution in [0.3, 0.4) is 0 Å². The van der Waals surface area contributed by atoms with Crippen LogP contribution < -0.4 is 5.73 Å². The van der Waals surface area contributed by atoms with Gasteiger partial charge in [-0.25, -0.2) is 4.98 Å². The zero-order chi connectivity index (χ0) is 13.1. The van der Waals surface area contributed by atoms with Gasteiger partial charge in [0, 0.05) is 19.0 Å². The van der Waals surface area contributed by atoms with Gasteiger partial charge in [0.05, 0.1) is 11.0 Å². The fourth-order valence-corrected chi connectivity index (χ4v) is 2.48. The normalized spacial score (nSPS) is 13.1. The molecule has 0 aliphatic rings. The zero-order valence-electron chi connectivity index (χ0n) is 11.6. The third-order valence-electron chi connectivity index (χ3n) is 3.52. The summed E-state index contributed by atoms with van der Waals surface area (Å²) < 4.78 is 2.34. The van der Waals surface area contributed by atoms with Gasteiger partial charge >= 0.3 is 0 Å². The fourth-order valence-electron chi connectivity index (χ4n) is 2.48. The van der Waals surface area contributed by atoms with Crippen LogP contribution in [0.1, 0.15) is 44.0 Å². The van der Waals surface area contributed by atoms with Crippen molar-refractivity contribution in [3.05, 3.63) is 29.6 Å². The number of fused-ring (bicyclic) bond motifs is 1. The maximum absolute atomic E-state index is 5.88. The molecule has 3 nitrogen and oxygen atoms in total. The maximum Gasteiger partial charge on any atom is 0.114 e. The van der Waals surface area contributed by atoms with E-state index in [9.17, 15) is 0 Å². The number of benzene rings is 1. The second-order valence-corrected chi connectivity index (χ2v) is 4.95. The van der Waals surface area contributed by atoms with Crippen LogP contribution in [-0.4, -0.2) is 16.1 Å². The molecule has 1 aromatic heterocycles. The van der Waals surface area contributed by atoms with Gasteiger partial charge < -0.3 is 10.3 Å². The summed E-state index contributed by atoms with van der Waals surface area (Å²) in [4.78, 5) is 4.82. The van der Waals surface area contributed by atoms with Gasteiger partial charge in [-0.2, -0.15) is 0 Å². The van der Waals surface area contributed by atoms with E-state index in [0.29, 0.717) is 12.5 Å². The summed E-state index contributed by atoms with van der Waals surface area (Å²) in [5.41, 5.74) is 9.48. The van der Waals surface area contributed by atoms with Crippen molar-refractivity contribution in [2.75, 3.05) is 6.54 Å². The quantitative estimate of drug-likeness (QED) is 0.879. The highest BCUT2D eigenvalue weighted by Crippen LogP contribution is 2.24. The zero-order valence-corrected chi connectivity index (χ0v) is 11.6. The lowest BCUT2D eigenvalue weighted by atomic mass is 10.1. The number of aromatic nitrogens is 2. The molecule has 1 atom stereocenters. The van der Waals surface area contributed by atoms with Gasteiger partial charge in [0.25, 0.3) is 0 Å². The van der Waals surface area contributed by atoms with Crippen molar-refractivity contribution in [1.82, 2.24) is 9.55 Å². The minimum absolute atomic E-state index is 0.365. The Morgan fingerprint density at radius 3 is 2.72 bits per heavy atom. The van der Waals surface area contributed by atoms with Crippen molar-refractivity contribution < 1.29 is 0 Å². The van der Waals surface area contributed by atoms with Crippen molar-refractivity contribution in [3.63, 3.8) is 0 Å². The molecule has 3 heteroatoms. The van der Waals surface area contributed by atoms with Crippen LogP contribution >= 0.6 is 0 Å². The smallest absolute Gasteiger partial charge is 0.114 e. The lowest BCUT2D eigenvalue weighted by Crippen LogP contribution is -2.17. The molecule has 2 aromatic rings. The Labute approximate surface area is 109 Å². The van der Waals surface area contributed by atoms with Gasteiger partial charge in [0.1, 0.15) is 5.82 Å². The molecule has 0 fully saturated rings. The summed E-state index contributed by atoms with van der Waals surface area (Å²) in [5, 5.41) is 0. The summed E-state index contributed by atoms with van der Waals surface area (Å²) in [6.45, 7) is 8.18. The lowest BCUT2D eigenvalue weighted by molar-refractivity contribution is 0.567. The van der Waals surface area contributed by atoms with E-state index in [1.54, 1.807) is 0 Å². The molecular weight excluding hydrogens is 222 g/mol. The molecule has 0 amide bonds. The van der Waals surface area contributed by atoms with Crippen LogP contribution in [0, 0.1) is 6.92 Å². The van der Waals surface area contributed by atoms with Crippen LogP contribution in [0.15, 0.2) is 18.2 Å². The lowest BCUT2D eigenvalue weighted by Gasteiger charge is -2.14. The number of nitrogens with zero attached hydrogens (tertiary/aromatic N) is 2. The molecule has 0 bridgehead atoms. The van der Waals surface area contributed by atoms with Gasteiger partial charge in [0.15, 0.2) is 0 Å². The summed E-state index contributed by atoms with van der Waals surface area (Å²) in [7, 11) is 0. The van der Waals surface area contributed by atoms with Gasteiger partial charge in [-0.15, -0.1) is 0 Å². The van der Waals surface area contributed by atoms with Crippen molar-refractivity contribution in [1.29, 1.82) is 0 Å². The maximum atomic E-state index is 5.88. The minimum Gasteiger partial charge on any atom is -0.330 e. The highest BCUT2D eigenvalue weighted by Gasteiger charge is 2.17. The molecule has 98 valence electrons. The fraction of sp³-hybridized carbons (Fsp3) is 0.533. The summed E-state index contributed by atoms with van der Waals surface area (Å²) in [5.74, 6) is 1.52. The van der Waals surface area contributed by atoms with Crippen molar-refractivity contribution >= 4 is 11.0 Å². The first-order valence-electron chi connectivity index (χ1n) is 6.88. The van der Waals surface area contributed by atoms with Crippen LogP contribution in [0.2, 0.25) is 0 Å². The standard InChI is InChI=1S/C15H23N3/c1-4-8-18-14-7-6-11(3)9-13(14)17-15(18)12(5-2)10-16/h6-7,9,12H,4-5,8,10,16H2,1-3H3. The Balaban J connectivity index is 2.59. The van der Waals surface area contributed by atoms with E-state index >= 15 is 0 Å². The van der Waals surface area contributed by atoms with E-state index < -0.39 is 0 Å². The number of aryl methyl sites for hydroxylation is 2. The Kier molecular flexibility index (Phi) is 4.02. The topological polar surface area (TPSA) is 43.8 Å². The highest BCUT2D eigenvalue weighted by molar-refractivity contribution is 5.77. The molecule has 2 rings (SSSR count). The molecule has 2 N–H and O–H groups in total. The van der Waals surface area contributed by atoms with Gasteiger partial charge in [0.2, 0.25) is 0 Å². The van der Waals surface area contributed by atoms with Crippen LogP contribution in [0.25, 0.3) is 11.0 Å². The molecule has 0 aliphatic heterocycles. The predicted octanol–water partition coefficient (Wildman–Crippen LogP) is 3.21. The second-order valence-electron chi connectivity index (χ2n) is 4.95. The van der Waals surface area contributed by atoms with E-state index in [2.05, 4.69) is 43.5 Å².